The topological polar surface area (TPSA) is 56.1 Å². The molecule has 1 N–H and O–H groups in total. The first-order chi connectivity index (χ1) is 18.4. The summed E-state index contributed by atoms with van der Waals surface area (Å²) in [6, 6.07) is 18.6. The van der Waals surface area contributed by atoms with Crippen molar-refractivity contribution < 1.29 is 9.53 Å². The Hall–Kier alpha value is -3.34. The molecular formula is C33H41N3O2. The van der Waals surface area contributed by atoms with E-state index in [1.807, 2.05) is 29.8 Å². The number of nitrogens with one attached hydrogen (secondary N) is 1. The molecule has 0 amide bonds. The Balaban J connectivity index is 1.44. The number of ketones is 1. The van der Waals surface area contributed by atoms with E-state index in [-0.39, 0.29) is 17.1 Å². The zero-order chi connectivity index (χ0) is 26.7. The minimum Gasteiger partial charge on any atom is -0.494 e. The van der Waals surface area contributed by atoms with Crippen LogP contribution in [0.3, 0.4) is 0 Å². The molecule has 3 aromatic rings. The number of hydrogen-bond donors (Lipinski definition) is 1. The number of Topliss-reactive ketones (excluding diaryl/α,β-unsaturated/α-hetero) is 1. The van der Waals surface area contributed by atoms with Crippen LogP contribution >= 0.6 is 0 Å². The maximum Gasteiger partial charge on any atom is 0.162 e. The zero-order valence-electron chi connectivity index (χ0n) is 23.3. The Kier molecular flexibility index (Phi) is 7.73. The van der Waals surface area contributed by atoms with Crippen molar-refractivity contribution in [2.75, 3.05) is 11.9 Å². The highest BCUT2D eigenvalue weighted by atomic mass is 16.5. The Morgan fingerprint density at radius 1 is 0.974 bits per heavy atom. The minimum atomic E-state index is -0.144. The summed E-state index contributed by atoms with van der Waals surface area (Å²) >= 11 is 0. The van der Waals surface area contributed by atoms with Crippen molar-refractivity contribution in [1.82, 2.24) is 9.78 Å². The lowest BCUT2D eigenvalue weighted by molar-refractivity contribution is -0.118. The monoisotopic (exact) mass is 511 g/mol. The van der Waals surface area contributed by atoms with Gasteiger partial charge in [-0.3, -0.25) is 4.79 Å². The predicted molar refractivity (Wildman–Crippen MR) is 154 cm³/mol. The second-order valence-corrected chi connectivity index (χ2v) is 11.7. The summed E-state index contributed by atoms with van der Waals surface area (Å²) < 4.78 is 8.05. The van der Waals surface area contributed by atoms with Crippen molar-refractivity contribution in [2.24, 2.45) is 5.41 Å². The second-order valence-electron chi connectivity index (χ2n) is 11.7. The van der Waals surface area contributed by atoms with Gasteiger partial charge in [-0.05, 0) is 55.0 Å². The summed E-state index contributed by atoms with van der Waals surface area (Å²) in [5.41, 5.74) is 5.99. The van der Waals surface area contributed by atoms with Crippen molar-refractivity contribution in [2.45, 2.75) is 85.0 Å². The van der Waals surface area contributed by atoms with E-state index in [0.717, 1.165) is 64.8 Å². The quantitative estimate of drug-likeness (QED) is 0.279. The summed E-state index contributed by atoms with van der Waals surface area (Å²) in [5, 5.41) is 8.61. The summed E-state index contributed by atoms with van der Waals surface area (Å²) in [6.45, 7) is 9.39. The molecule has 5 nitrogen and oxygen atoms in total. The van der Waals surface area contributed by atoms with Crippen LogP contribution in [0.1, 0.15) is 94.9 Å². The van der Waals surface area contributed by atoms with Gasteiger partial charge in [0.2, 0.25) is 0 Å². The number of para-hydroxylation sites is 1. The molecule has 0 saturated heterocycles. The summed E-state index contributed by atoms with van der Waals surface area (Å²) in [5.74, 6) is 1.94. The first-order valence-electron chi connectivity index (χ1n) is 14.3. The average Bonchev–Trinajstić information content (AvgIpc) is 3.23. The fourth-order valence-corrected chi connectivity index (χ4v) is 5.99. The molecule has 1 aliphatic heterocycles. The van der Waals surface area contributed by atoms with Crippen LogP contribution in [0.5, 0.6) is 5.75 Å². The van der Waals surface area contributed by atoms with E-state index in [4.69, 9.17) is 9.84 Å². The van der Waals surface area contributed by atoms with Gasteiger partial charge >= 0.3 is 0 Å². The molecule has 1 aromatic heterocycles. The Morgan fingerprint density at radius 3 is 2.42 bits per heavy atom. The molecule has 0 saturated carbocycles. The molecular weight excluding hydrogens is 470 g/mol. The van der Waals surface area contributed by atoms with E-state index in [2.05, 4.69) is 62.5 Å². The number of fused-ring (bicyclic) bond motifs is 1. The summed E-state index contributed by atoms with van der Waals surface area (Å²) in [4.78, 5) is 13.6. The lowest BCUT2D eigenvalue weighted by Gasteiger charge is -2.38. The zero-order valence-corrected chi connectivity index (χ0v) is 23.3. The number of carbonyl (C=O) groups excluding carboxylic acids is 1. The van der Waals surface area contributed by atoms with Crippen molar-refractivity contribution >= 4 is 11.6 Å². The lowest BCUT2D eigenvalue weighted by Crippen LogP contribution is -2.34. The number of anilines is 1. The molecule has 2 heterocycles. The van der Waals surface area contributed by atoms with Crippen molar-refractivity contribution in [3.05, 3.63) is 82.7 Å². The number of allylic oxidation sites excluding steroid dienone is 2. The van der Waals surface area contributed by atoms with Crippen LogP contribution in [0.4, 0.5) is 5.82 Å². The molecule has 1 unspecified atom stereocenters. The fourth-order valence-electron chi connectivity index (χ4n) is 5.99. The van der Waals surface area contributed by atoms with Gasteiger partial charge in [0.05, 0.1) is 18.0 Å². The Bertz CT molecular complexity index is 1300. The Labute approximate surface area is 227 Å². The maximum atomic E-state index is 13.6. The largest absolute Gasteiger partial charge is 0.494 e. The molecule has 5 heteroatoms. The van der Waals surface area contributed by atoms with Gasteiger partial charge in [-0.1, -0.05) is 83.2 Å². The van der Waals surface area contributed by atoms with Crippen LogP contribution in [0.2, 0.25) is 0 Å². The van der Waals surface area contributed by atoms with E-state index in [0.29, 0.717) is 6.42 Å². The number of hydrogen-bond acceptors (Lipinski definition) is 4. The van der Waals surface area contributed by atoms with Crippen molar-refractivity contribution in [3.8, 4) is 11.4 Å². The maximum absolute atomic E-state index is 13.6. The van der Waals surface area contributed by atoms with Gasteiger partial charge in [0.15, 0.2) is 5.78 Å². The second kappa shape index (κ2) is 11.2. The predicted octanol–water partition coefficient (Wildman–Crippen LogP) is 8.12. The number of nitrogens with zero attached hydrogens (tertiary/aromatic N) is 2. The number of ether oxygens (including phenoxy) is 1. The summed E-state index contributed by atoms with van der Waals surface area (Å²) in [7, 11) is 0. The molecule has 0 fully saturated rings. The molecule has 0 radical (unpaired) electrons. The molecule has 2 aromatic carbocycles. The fraction of sp³-hybridized carbons (Fsp3) is 0.455. The number of aromatic nitrogens is 2. The van der Waals surface area contributed by atoms with Gasteiger partial charge in [-0.25, -0.2) is 4.68 Å². The number of carbonyl (C=O) groups is 1. The highest BCUT2D eigenvalue weighted by Crippen LogP contribution is 2.50. The third-order valence-electron chi connectivity index (χ3n) is 7.85. The number of benzene rings is 2. The van der Waals surface area contributed by atoms with Crippen molar-refractivity contribution in [3.63, 3.8) is 0 Å². The first kappa shape index (κ1) is 26.3. The molecule has 38 heavy (non-hydrogen) atoms. The molecule has 1 aliphatic carbocycles. The SMILES string of the molecule is CCCCCCCCOc1ccc(C2C3=C(CC(C)(C)CC3=O)Nc3c2c(C)nn3-c2ccccc2)cc1. The van der Waals surface area contributed by atoms with E-state index >= 15 is 0 Å². The first-order valence-corrected chi connectivity index (χ1v) is 14.3. The van der Waals surface area contributed by atoms with Gasteiger partial charge in [0.25, 0.3) is 0 Å². The number of rotatable bonds is 10. The third kappa shape index (κ3) is 5.43. The Morgan fingerprint density at radius 2 is 1.68 bits per heavy atom. The van der Waals surface area contributed by atoms with E-state index in [9.17, 15) is 4.79 Å². The summed E-state index contributed by atoms with van der Waals surface area (Å²) in [6.07, 6.45) is 8.90. The molecule has 1 atom stereocenters. The van der Waals surface area contributed by atoms with Gasteiger partial charge in [-0.15, -0.1) is 0 Å². The minimum absolute atomic E-state index is 0.0775. The van der Waals surface area contributed by atoms with E-state index in [1.165, 1.54) is 32.1 Å². The smallest absolute Gasteiger partial charge is 0.162 e. The van der Waals surface area contributed by atoms with E-state index in [1.54, 1.807) is 0 Å². The van der Waals surface area contributed by atoms with Crippen LogP contribution in [0, 0.1) is 12.3 Å². The standard InChI is InChI=1S/C33H41N3O2/c1-5-6-7-8-9-13-20-38-26-18-16-24(17-19-26)30-29-23(2)35-36(25-14-11-10-12-15-25)32(29)34-27-21-33(3,4)22-28(37)31(27)30/h10-12,14-19,30,34H,5-9,13,20-22H2,1-4H3. The molecule has 0 bridgehead atoms. The molecule has 200 valence electrons. The highest BCUT2D eigenvalue weighted by Gasteiger charge is 2.43. The van der Waals surface area contributed by atoms with E-state index < -0.39 is 0 Å². The van der Waals surface area contributed by atoms with Gasteiger partial charge in [-0.2, -0.15) is 5.10 Å². The molecule has 2 aliphatic rings. The van der Waals surface area contributed by atoms with Gasteiger partial charge < -0.3 is 10.1 Å². The lowest BCUT2D eigenvalue weighted by atomic mass is 9.69. The highest BCUT2D eigenvalue weighted by molar-refractivity contribution is 6.01. The average molecular weight is 512 g/mol. The van der Waals surface area contributed by atoms with Crippen LogP contribution < -0.4 is 10.1 Å². The van der Waals surface area contributed by atoms with Crippen LogP contribution in [0.15, 0.2) is 65.9 Å². The molecule has 0 spiro atoms. The van der Waals surface area contributed by atoms with Gasteiger partial charge in [0.1, 0.15) is 11.6 Å². The normalized spacial score (nSPS) is 18.1. The van der Waals surface area contributed by atoms with Crippen LogP contribution in [0.25, 0.3) is 5.69 Å². The van der Waals surface area contributed by atoms with Crippen LogP contribution in [-0.2, 0) is 4.79 Å². The van der Waals surface area contributed by atoms with Gasteiger partial charge in [0, 0.05) is 29.2 Å². The molecule has 5 rings (SSSR count). The van der Waals surface area contributed by atoms with Crippen LogP contribution in [-0.4, -0.2) is 22.2 Å². The number of unbranched alkanes of at least 4 members (excludes halogenated alkanes) is 5. The third-order valence-corrected chi connectivity index (χ3v) is 7.85. The van der Waals surface area contributed by atoms with Crippen molar-refractivity contribution in [1.29, 1.82) is 0 Å². The number of aryl methyl sites for hydroxylation is 1.